The van der Waals surface area contributed by atoms with Crippen LogP contribution in [-0.4, -0.2) is 13.6 Å². The molecule has 0 N–H and O–H groups in total. The second-order valence-electron chi connectivity index (χ2n) is 14.4. The van der Waals surface area contributed by atoms with E-state index in [9.17, 15) is 0 Å². The maximum Gasteiger partial charge on any atom is 0.0396 e. The van der Waals surface area contributed by atoms with Crippen LogP contribution in [0.5, 0.6) is 0 Å². The van der Waals surface area contributed by atoms with Crippen LogP contribution in [0.1, 0.15) is 225 Å². The third kappa shape index (κ3) is 26.3. The second-order valence-corrected chi connectivity index (χ2v) is 14.4. The second kappa shape index (κ2) is 33.4. The van der Waals surface area contributed by atoms with Gasteiger partial charge in [0.05, 0.1) is 0 Å². The highest BCUT2D eigenvalue weighted by Gasteiger charge is 2.07. The Kier molecular flexibility index (Phi) is 31.1. The molecule has 0 amide bonds. The van der Waals surface area contributed by atoms with Crippen LogP contribution in [0.4, 0.5) is 5.69 Å². The summed E-state index contributed by atoms with van der Waals surface area (Å²) in [6.07, 6.45) is 47.4. The number of anilines is 1. The van der Waals surface area contributed by atoms with Crippen LogP contribution in [0.3, 0.4) is 0 Å². The molecule has 1 heteroatoms. The van der Waals surface area contributed by atoms with E-state index < -0.39 is 0 Å². The molecule has 0 radical (unpaired) electrons. The number of aryl methyl sites for hydroxylation is 1. The molecule has 0 aliphatic heterocycles. The average Bonchev–Trinajstić information content (AvgIpc) is 3.04. The number of rotatable bonds is 35. The van der Waals surface area contributed by atoms with Gasteiger partial charge >= 0.3 is 0 Å². The summed E-state index contributed by atoms with van der Waals surface area (Å²) >= 11 is 0. The molecule has 1 nitrogen and oxygen atoms in total. The first-order chi connectivity index (χ1) is 21.8. The Morgan fingerprint density at radius 2 is 0.659 bits per heavy atom. The van der Waals surface area contributed by atoms with Crippen molar-refractivity contribution in [1.82, 2.24) is 0 Å². The number of hydrogen-bond donors (Lipinski definition) is 0. The predicted molar refractivity (Wildman–Crippen MR) is 203 cm³/mol. The first-order valence-corrected chi connectivity index (χ1v) is 20.6. The minimum Gasteiger partial charge on any atom is -0.374 e. The maximum absolute atomic E-state index is 2.53. The monoisotopic (exact) mass is 612 g/mol. The molecule has 0 unspecified atom stereocenters. The van der Waals surface area contributed by atoms with Gasteiger partial charge in [0.1, 0.15) is 0 Å². The van der Waals surface area contributed by atoms with Gasteiger partial charge in [-0.25, -0.2) is 0 Å². The molecule has 1 rings (SSSR count). The summed E-state index contributed by atoms with van der Waals surface area (Å²) in [6, 6.07) is 9.21. The van der Waals surface area contributed by atoms with Crippen molar-refractivity contribution in [3.05, 3.63) is 29.8 Å². The Morgan fingerprint density at radius 3 is 1.02 bits per heavy atom. The maximum atomic E-state index is 2.53. The Labute approximate surface area is 279 Å². The Bertz CT molecular complexity index is 681. The van der Waals surface area contributed by atoms with E-state index in [0.717, 1.165) is 0 Å². The van der Waals surface area contributed by atoms with Crippen molar-refractivity contribution in [3.63, 3.8) is 0 Å². The van der Waals surface area contributed by atoms with Crippen LogP contribution in [0.2, 0.25) is 0 Å². The molecule has 0 aliphatic carbocycles. The van der Waals surface area contributed by atoms with Gasteiger partial charge in [0.15, 0.2) is 0 Å². The average molecular weight is 612 g/mol. The van der Waals surface area contributed by atoms with Gasteiger partial charge in [0.2, 0.25) is 0 Å². The third-order valence-electron chi connectivity index (χ3n) is 10.0. The molecule has 1 aromatic carbocycles. The third-order valence-corrected chi connectivity index (χ3v) is 10.0. The van der Waals surface area contributed by atoms with Crippen molar-refractivity contribution >= 4 is 5.69 Å². The molecule has 0 spiro atoms. The topological polar surface area (TPSA) is 3.24 Å². The zero-order valence-corrected chi connectivity index (χ0v) is 30.8. The fourth-order valence-corrected chi connectivity index (χ4v) is 6.98. The van der Waals surface area contributed by atoms with Crippen molar-refractivity contribution in [3.8, 4) is 0 Å². The molecule has 0 aromatic heterocycles. The SMILES string of the molecule is CCCCCCCCCCCCCCCCCCc1ccccc1N(C)CCCCCCCCCCCCCCCCCC. The van der Waals surface area contributed by atoms with Gasteiger partial charge in [-0.15, -0.1) is 0 Å². The quantitative estimate of drug-likeness (QED) is 0.0690. The first kappa shape index (κ1) is 41.0. The van der Waals surface area contributed by atoms with Gasteiger partial charge < -0.3 is 4.90 Å². The molecule has 0 saturated carbocycles. The Hall–Kier alpha value is -0.980. The highest BCUT2D eigenvalue weighted by molar-refractivity contribution is 5.53. The van der Waals surface area contributed by atoms with E-state index in [0.29, 0.717) is 0 Å². The first-order valence-electron chi connectivity index (χ1n) is 20.6. The van der Waals surface area contributed by atoms with Crippen LogP contribution >= 0.6 is 0 Å². The fraction of sp³-hybridized carbons (Fsp3) is 0.860. The Morgan fingerprint density at radius 1 is 0.364 bits per heavy atom. The molecule has 0 saturated heterocycles. The van der Waals surface area contributed by atoms with Gasteiger partial charge in [-0.3, -0.25) is 0 Å². The van der Waals surface area contributed by atoms with E-state index in [2.05, 4.69) is 50.1 Å². The predicted octanol–water partition coefficient (Wildman–Crippen LogP) is 15.2. The van der Waals surface area contributed by atoms with Crippen molar-refractivity contribution in [2.45, 2.75) is 226 Å². The van der Waals surface area contributed by atoms with E-state index >= 15 is 0 Å². The van der Waals surface area contributed by atoms with Crippen molar-refractivity contribution < 1.29 is 0 Å². The fourth-order valence-electron chi connectivity index (χ4n) is 6.98. The van der Waals surface area contributed by atoms with Crippen LogP contribution in [0.25, 0.3) is 0 Å². The van der Waals surface area contributed by atoms with E-state index in [1.54, 1.807) is 5.56 Å². The van der Waals surface area contributed by atoms with Crippen molar-refractivity contribution in [2.24, 2.45) is 0 Å². The number of unbranched alkanes of at least 4 members (excludes halogenated alkanes) is 30. The zero-order valence-electron chi connectivity index (χ0n) is 30.8. The normalized spacial score (nSPS) is 11.4. The van der Waals surface area contributed by atoms with Crippen molar-refractivity contribution in [1.29, 1.82) is 0 Å². The minimum absolute atomic E-state index is 1.20. The largest absolute Gasteiger partial charge is 0.374 e. The molecular formula is C43H81N. The lowest BCUT2D eigenvalue weighted by Crippen LogP contribution is -2.19. The van der Waals surface area contributed by atoms with Gasteiger partial charge in [0.25, 0.3) is 0 Å². The van der Waals surface area contributed by atoms with Gasteiger partial charge in [-0.2, -0.15) is 0 Å². The van der Waals surface area contributed by atoms with Gasteiger partial charge in [0, 0.05) is 19.3 Å². The summed E-state index contributed by atoms with van der Waals surface area (Å²) in [6.45, 7) is 5.82. The highest BCUT2D eigenvalue weighted by atomic mass is 15.1. The summed E-state index contributed by atoms with van der Waals surface area (Å²) in [7, 11) is 2.32. The number of nitrogens with zero attached hydrogens (tertiary/aromatic N) is 1. The molecule has 258 valence electrons. The zero-order chi connectivity index (χ0) is 31.6. The van der Waals surface area contributed by atoms with Gasteiger partial charge in [-0.05, 0) is 30.9 Å². The van der Waals surface area contributed by atoms with E-state index in [-0.39, 0.29) is 0 Å². The molecule has 0 atom stereocenters. The van der Waals surface area contributed by atoms with Crippen LogP contribution in [0, 0.1) is 0 Å². The number of para-hydroxylation sites is 1. The van der Waals surface area contributed by atoms with E-state index in [4.69, 9.17) is 0 Å². The minimum atomic E-state index is 1.20. The summed E-state index contributed by atoms with van der Waals surface area (Å²) in [5, 5.41) is 0. The van der Waals surface area contributed by atoms with Crippen LogP contribution in [0.15, 0.2) is 24.3 Å². The van der Waals surface area contributed by atoms with Crippen LogP contribution < -0.4 is 4.90 Å². The molecule has 0 heterocycles. The molecule has 1 aromatic rings. The summed E-state index contributed by atoms with van der Waals surface area (Å²) in [5.74, 6) is 0. The molecule has 0 bridgehead atoms. The smallest absolute Gasteiger partial charge is 0.0396 e. The molecule has 0 aliphatic rings. The lowest BCUT2D eigenvalue weighted by molar-refractivity contribution is 0.529. The summed E-state index contributed by atoms with van der Waals surface area (Å²) in [5.41, 5.74) is 3.05. The van der Waals surface area contributed by atoms with E-state index in [1.807, 2.05) is 0 Å². The molecule has 0 fully saturated rings. The van der Waals surface area contributed by atoms with Crippen molar-refractivity contribution in [2.75, 3.05) is 18.5 Å². The van der Waals surface area contributed by atoms with E-state index in [1.165, 1.54) is 224 Å². The lowest BCUT2D eigenvalue weighted by atomic mass is 10.0. The summed E-state index contributed by atoms with van der Waals surface area (Å²) in [4.78, 5) is 2.53. The number of benzene rings is 1. The lowest BCUT2D eigenvalue weighted by Gasteiger charge is -2.22. The van der Waals surface area contributed by atoms with Crippen LogP contribution in [-0.2, 0) is 6.42 Å². The molecular weight excluding hydrogens is 530 g/mol. The Balaban J connectivity index is 1.94. The molecule has 44 heavy (non-hydrogen) atoms. The standard InChI is InChI=1S/C43H81N/c1-4-6-8-10-12-14-16-18-20-22-24-26-28-30-32-34-38-42-39-35-36-40-43(42)44(3)41-37-33-31-29-27-25-23-21-19-17-15-13-11-9-7-5-2/h35-36,39-40H,4-34,37-38,41H2,1-3H3. The van der Waals surface area contributed by atoms with Gasteiger partial charge in [-0.1, -0.05) is 225 Å². The number of hydrogen-bond acceptors (Lipinski definition) is 1. The summed E-state index contributed by atoms with van der Waals surface area (Å²) < 4.78 is 0. The highest BCUT2D eigenvalue weighted by Crippen LogP contribution is 2.23.